The van der Waals surface area contributed by atoms with Gasteiger partial charge in [0.15, 0.2) is 5.13 Å². The first-order chi connectivity index (χ1) is 10.7. The van der Waals surface area contributed by atoms with Crippen LogP contribution in [-0.2, 0) is 4.74 Å². The van der Waals surface area contributed by atoms with Crippen LogP contribution in [0.15, 0.2) is 35.0 Å². The zero-order valence-corrected chi connectivity index (χ0v) is 12.0. The van der Waals surface area contributed by atoms with Crippen molar-refractivity contribution in [2.45, 2.75) is 6.10 Å². The van der Waals surface area contributed by atoms with E-state index < -0.39 is 5.97 Å². The van der Waals surface area contributed by atoms with Crippen LogP contribution in [0.4, 0.5) is 9.52 Å². The number of carbonyl (C=O) groups excluding carboxylic acids is 1. The summed E-state index contributed by atoms with van der Waals surface area (Å²) in [5.41, 5.74) is 0.767. The summed E-state index contributed by atoms with van der Waals surface area (Å²) in [6, 6.07) is 5.98. The van der Waals surface area contributed by atoms with E-state index in [2.05, 4.69) is 10.1 Å². The quantitative estimate of drug-likeness (QED) is 0.691. The molecule has 0 aliphatic carbocycles. The van der Waals surface area contributed by atoms with Crippen LogP contribution in [0.25, 0.3) is 10.2 Å². The molecule has 22 heavy (non-hydrogen) atoms. The first kappa shape index (κ1) is 13.2. The van der Waals surface area contributed by atoms with Crippen molar-refractivity contribution in [2.24, 2.45) is 0 Å². The van der Waals surface area contributed by atoms with E-state index in [9.17, 15) is 9.18 Å². The number of fused-ring (bicyclic) bond motifs is 1. The molecule has 1 fully saturated rings. The van der Waals surface area contributed by atoms with E-state index in [1.807, 2.05) is 4.90 Å². The Morgan fingerprint density at radius 1 is 1.41 bits per heavy atom. The van der Waals surface area contributed by atoms with Gasteiger partial charge in [-0.05, 0) is 18.2 Å². The molecule has 1 saturated heterocycles. The summed E-state index contributed by atoms with van der Waals surface area (Å²) < 4.78 is 24.0. The largest absolute Gasteiger partial charge is 0.453 e. The highest BCUT2D eigenvalue weighted by molar-refractivity contribution is 7.22. The number of carbonyl (C=O) groups is 1. The molecule has 0 bridgehead atoms. The van der Waals surface area contributed by atoms with Gasteiger partial charge in [0, 0.05) is 6.07 Å². The normalized spacial score (nSPS) is 15.0. The first-order valence-corrected chi connectivity index (χ1v) is 7.43. The lowest BCUT2D eigenvalue weighted by Crippen LogP contribution is -2.53. The number of thiazole rings is 1. The Hall–Kier alpha value is -2.48. The third-order valence-corrected chi connectivity index (χ3v) is 4.45. The second-order valence-electron chi connectivity index (χ2n) is 4.92. The molecule has 1 aliphatic heterocycles. The Labute approximate surface area is 128 Å². The van der Waals surface area contributed by atoms with Crippen LogP contribution in [0, 0.1) is 5.82 Å². The molecule has 0 saturated carbocycles. The Balaban J connectivity index is 1.41. The molecule has 3 aromatic rings. The highest BCUT2D eigenvalue weighted by Gasteiger charge is 2.33. The topological polar surface area (TPSA) is 68.5 Å². The van der Waals surface area contributed by atoms with Crippen molar-refractivity contribution in [3.8, 4) is 0 Å². The van der Waals surface area contributed by atoms with Gasteiger partial charge in [0.25, 0.3) is 0 Å². The van der Waals surface area contributed by atoms with Crippen molar-refractivity contribution < 1.29 is 18.4 Å². The summed E-state index contributed by atoms with van der Waals surface area (Å²) in [4.78, 5) is 18.1. The maximum atomic E-state index is 13.2. The van der Waals surface area contributed by atoms with Crippen LogP contribution >= 0.6 is 11.3 Å². The summed E-state index contributed by atoms with van der Waals surface area (Å²) in [5.74, 6) is -0.701. The van der Waals surface area contributed by atoms with Crippen molar-refractivity contribution in [3.63, 3.8) is 0 Å². The molecule has 0 spiro atoms. The van der Waals surface area contributed by atoms with E-state index in [1.165, 1.54) is 35.7 Å². The van der Waals surface area contributed by atoms with E-state index in [4.69, 9.17) is 9.26 Å². The maximum Gasteiger partial charge on any atom is 0.377 e. The van der Waals surface area contributed by atoms with Gasteiger partial charge in [-0.15, -0.1) is 0 Å². The van der Waals surface area contributed by atoms with E-state index in [1.54, 1.807) is 6.07 Å². The fourth-order valence-electron chi connectivity index (χ4n) is 2.22. The van der Waals surface area contributed by atoms with Gasteiger partial charge in [-0.2, -0.15) is 0 Å². The predicted molar refractivity (Wildman–Crippen MR) is 77.5 cm³/mol. The monoisotopic (exact) mass is 319 g/mol. The van der Waals surface area contributed by atoms with Crippen LogP contribution < -0.4 is 4.90 Å². The molecule has 112 valence electrons. The second-order valence-corrected chi connectivity index (χ2v) is 5.93. The van der Waals surface area contributed by atoms with Crippen molar-refractivity contribution in [2.75, 3.05) is 18.0 Å². The summed E-state index contributed by atoms with van der Waals surface area (Å²) in [5, 5.41) is 4.26. The van der Waals surface area contributed by atoms with E-state index in [0.717, 1.165) is 15.3 Å². The Morgan fingerprint density at radius 2 is 2.27 bits per heavy atom. The van der Waals surface area contributed by atoms with E-state index in [0.29, 0.717) is 13.1 Å². The average molecular weight is 319 g/mol. The predicted octanol–water partition coefficient (Wildman–Crippen LogP) is 2.47. The number of hydrogen-bond acceptors (Lipinski definition) is 7. The van der Waals surface area contributed by atoms with E-state index >= 15 is 0 Å². The lowest BCUT2D eigenvalue weighted by molar-refractivity contribution is 0.0190. The highest BCUT2D eigenvalue weighted by atomic mass is 32.1. The third kappa shape index (κ3) is 2.31. The Kier molecular flexibility index (Phi) is 3.04. The first-order valence-electron chi connectivity index (χ1n) is 6.62. The van der Waals surface area contributed by atoms with Crippen molar-refractivity contribution >= 4 is 32.7 Å². The fraction of sp³-hybridized carbons (Fsp3) is 0.214. The SMILES string of the molecule is O=C(OC1CN(c2nc3ccc(F)cc3s2)C1)c1ccno1. The smallest absolute Gasteiger partial charge is 0.377 e. The van der Waals surface area contributed by atoms with Gasteiger partial charge < -0.3 is 14.2 Å². The number of aromatic nitrogens is 2. The summed E-state index contributed by atoms with van der Waals surface area (Å²) in [6.45, 7) is 1.12. The second kappa shape index (κ2) is 5.06. The van der Waals surface area contributed by atoms with Gasteiger partial charge >= 0.3 is 5.97 Å². The van der Waals surface area contributed by atoms with Gasteiger partial charge in [0.2, 0.25) is 5.76 Å². The number of nitrogens with zero attached hydrogens (tertiary/aromatic N) is 3. The number of halogens is 1. The molecule has 2 aromatic heterocycles. The van der Waals surface area contributed by atoms with Gasteiger partial charge in [-0.3, -0.25) is 0 Å². The lowest BCUT2D eigenvalue weighted by Gasteiger charge is -2.37. The zero-order valence-electron chi connectivity index (χ0n) is 11.2. The minimum Gasteiger partial charge on any atom is -0.453 e. The van der Waals surface area contributed by atoms with Crippen molar-refractivity contribution in [1.82, 2.24) is 10.1 Å². The van der Waals surface area contributed by atoms with Crippen LogP contribution in [0.5, 0.6) is 0 Å². The number of esters is 1. The molecule has 8 heteroatoms. The molecular weight excluding hydrogens is 309 g/mol. The molecule has 1 aliphatic rings. The molecule has 6 nitrogen and oxygen atoms in total. The van der Waals surface area contributed by atoms with Gasteiger partial charge in [-0.25, -0.2) is 14.2 Å². The molecular formula is C14H10FN3O3S. The average Bonchev–Trinajstić information content (AvgIpc) is 3.10. The highest BCUT2D eigenvalue weighted by Crippen LogP contribution is 2.32. The Bertz CT molecular complexity index is 827. The summed E-state index contributed by atoms with van der Waals surface area (Å²) >= 11 is 1.42. The minimum atomic E-state index is -0.520. The number of anilines is 1. The fourth-order valence-corrected chi connectivity index (χ4v) is 3.23. The van der Waals surface area contributed by atoms with Crippen LogP contribution in [0.1, 0.15) is 10.6 Å². The molecule has 1 aromatic carbocycles. The van der Waals surface area contributed by atoms with Crippen molar-refractivity contribution in [1.29, 1.82) is 0 Å². The van der Waals surface area contributed by atoms with Crippen LogP contribution in [-0.4, -0.2) is 35.3 Å². The summed E-state index contributed by atoms with van der Waals surface area (Å²) in [6.07, 6.45) is 1.19. The van der Waals surface area contributed by atoms with Gasteiger partial charge in [-0.1, -0.05) is 16.5 Å². The van der Waals surface area contributed by atoms with Crippen molar-refractivity contribution in [3.05, 3.63) is 42.0 Å². The number of rotatable bonds is 3. The molecule has 3 heterocycles. The lowest BCUT2D eigenvalue weighted by atomic mass is 10.2. The molecule has 0 unspecified atom stereocenters. The number of ether oxygens (including phenoxy) is 1. The maximum absolute atomic E-state index is 13.2. The van der Waals surface area contributed by atoms with Crippen LogP contribution in [0.2, 0.25) is 0 Å². The van der Waals surface area contributed by atoms with Crippen LogP contribution in [0.3, 0.4) is 0 Å². The summed E-state index contributed by atoms with van der Waals surface area (Å²) in [7, 11) is 0. The number of hydrogen-bond donors (Lipinski definition) is 0. The molecule has 0 N–H and O–H groups in total. The van der Waals surface area contributed by atoms with Gasteiger partial charge in [0.1, 0.15) is 11.9 Å². The van der Waals surface area contributed by atoms with Gasteiger partial charge in [0.05, 0.1) is 29.5 Å². The molecule has 4 rings (SSSR count). The standard InChI is InChI=1S/C14H10FN3O3S/c15-8-1-2-10-12(5-8)22-14(17-10)18-6-9(7-18)20-13(19)11-3-4-16-21-11/h1-5,9H,6-7H2. The zero-order chi connectivity index (χ0) is 15.1. The van der Waals surface area contributed by atoms with E-state index in [-0.39, 0.29) is 17.7 Å². The molecule has 0 amide bonds. The molecule has 0 atom stereocenters. The molecule has 0 radical (unpaired) electrons. The third-order valence-electron chi connectivity index (χ3n) is 3.37. The minimum absolute atomic E-state index is 0.0916. The number of benzene rings is 1. The Morgan fingerprint density at radius 3 is 3.05 bits per heavy atom.